The van der Waals surface area contributed by atoms with E-state index in [1.165, 1.54) is 6.92 Å². The molecule has 0 rings (SSSR count). The van der Waals surface area contributed by atoms with Gasteiger partial charge in [-0.05, 0) is 32.1 Å². The Hall–Kier alpha value is -2.74. The fourth-order valence-electron chi connectivity index (χ4n) is 2.42. The summed E-state index contributed by atoms with van der Waals surface area (Å²) in [6.07, 6.45) is 23.5. The Kier molecular flexibility index (Phi) is 20.3. The fraction of sp³-hybridized carbons (Fsp3) is 0.481. The lowest BCUT2D eigenvalue weighted by atomic mass is 10.2. The predicted molar refractivity (Wildman–Crippen MR) is 134 cm³/mol. The molecule has 0 heterocycles. The molecule has 0 aliphatic heterocycles. The molecule has 0 saturated carbocycles. The van der Waals surface area contributed by atoms with Crippen LogP contribution in [0.25, 0.3) is 0 Å². The maximum Gasteiger partial charge on any atom is 0.306 e. The van der Waals surface area contributed by atoms with E-state index >= 15 is 0 Å². The van der Waals surface area contributed by atoms with Gasteiger partial charge in [-0.3, -0.25) is 9.59 Å². The summed E-state index contributed by atoms with van der Waals surface area (Å²) in [5.74, 6) is -0.929. The van der Waals surface area contributed by atoms with Gasteiger partial charge in [-0.15, -0.1) is 0 Å². The highest BCUT2D eigenvalue weighted by molar-refractivity contribution is 5.69. The van der Waals surface area contributed by atoms with Gasteiger partial charge in [0.05, 0.1) is 12.2 Å². The van der Waals surface area contributed by atoms with Crippen molar-refractivity contribution in [3.63, 3.8) is 0 Å². The summed E-state index contributed by atoms with van der Waals surface area (Å²) in [5.41, 5.74) is 0. The quantitative estimate of drug-likeness (QED) is 0.156. The van der Waals surface area contributed by atoms with Crippen LogP contribution in [-0.4, -0.2) is 58.8 Å². The molecule has 0 aliphatic rings. The van der Waals surface area contributed by atoms with E-state index in [1.54, 1.807) is 36.5 Å². The summed E-state index contributed by atoms with van der Waals surface area (Å²) in [6.45, 7) is 2.88. The number of esters is 2. The topological polar surface area (TPSA) is 113 Å². The molecule has 7 nitrogen and oxygen atoms in total. The molecule has 0 fully saturated rings. The van der Waals surface area contributed by atoms with Crippen LogP contribution in [0.1, 0.15) is 52.4 Å². The molecule has 0 aromatic rings. The molecule has 7 heteroatoms. The van der Waals surface area contributed by atoms with Crippen LogP contribution in [-0.2, 0) is 19.1 Å². The van der Waals surface area contributed by atoms with Crippen LogP contribution in [0.4, 0.5) is 0 Å². The number of hydrogen-bond donors (Lipinski definition) is 3. The van der Waals surface area contributed by atoms with Gasteiger partial charge in [0, 0.05) is 13.3 Å². The summed E-state index contributed by atoms with van der Waals surface area (Å²) in [5, 5.41) is 29.1. The number of aliphatic hydroxyl groups excluding tert-OH is 3. The van der Waals surface area contributed by atoms with Crippen molar-refractivity contribution < 1.29 is 34.4 Å². The van der Waals surface area contributed by atoms with E-state index < -0.39 is 30.3 Å². The normalized spacial score (nSPS) is 15.3. The zero-order chi connectivity index (χ0) is 25.4. The van der Waals surface area contributed by atoms with E-state index in [9.17, 15) is 24.9 Å². The zero-order valence-corrected chi connectivity index (χ0v) is 20.3. The van der Waals surface area contributed by atoms with Crippen molar-refractivity contribution in [2.45, 2.75) is 70.7 Å². The van der Waals surface area contributed by atoms with Crippen LogP contribution >= 0.6 is 0 Å². The fourth-order valence-corrected chi connectivity index (χ4v) is 2.42. The van der Waals surface area contributed by atoms with E-state index in [0.717, 1.165) is 6.42 Å². The third kappa shape index (κ3) is 22.5. The van der Waals surface area contributed by atoms with Crippen molar-refractivity contribution in [1.82, 2.24) is 0 Å². The Bertz CT molecular complexity index is 716. The molecule has 34 heavy (non-hydrogen) atoms. The first-order valence-corrected chi connectivity index (χ1v) is 11.6. The number of allylic oxidation sites excluding steroid dienone is 8. The highest BCUT2D eigenvalue weighted by Crippen LogP contribution is 2.01. The van der Waals surface area contributed by atoms with E-state index in [0.29, 0.717) is 25.7 Å². The van der Waals surface area contributed by atoms with Gasteiger partial charge in [-0.1, -0.05) is 79.8 Å². The minimum Gasteiger partial charge on any atom is -0.463 e. The molecule has 0 aromatic carbocycles. The monoisotopic (exact) mass is 476 g/mol. The molecule has 0 aromatic heterocycles. The van der Waals surface area contributed by atoms with Gasteiger partial charge < -0.3 is 24.8 Å². The number of carbonyl (C=O) groups is 2. The first kappa shape index (κ1) is 31.3. The summed E-state index contributed by atoms with van der Waals surface area (Å²) < 4.78 is 9.52. The summed E-state index contributed by atoms with van der Waals surface area (Å²) in [7, 11) is 0. The first-order chi connectivity index (χ1) is 16.3. The molecular weight excluding hydrogens is 436 g/mol. The van der Waals surface area contributed by atoms with Crippen molar-refractivity contribution in [2.24, 2.45) is 0 Å². The number of carbonyl (C=O) groups excluding carboxylic acids is 2. The number of hydrogen-bond acceptors (Lipinski definition) is 7. The summed E-state index contributed by atoms with van der Waals surface area (Å²) >= 11 is 0. The Labute approximate surface area is 203 Å². The largest absolute Gasteiger partial charge is 0.463 e. The van der Waals surface area contributed by atoms with Gasteiger partial charge in [0.2, 0.25) is 0 Å². The smallest absolute Gasteiger partial charge is 0.306 e. The van der Waals surface area contributed by atoms with E-state index in [-0.39, 0.29) is 19.6 Å². The average molecular weight is 477 g/mol. The third-order valence-corrected chi connectivity index (χ3v) is 4.19. The van der Waals surface area contributed by atoms with Crippen molar-refractivity contribution in [1.29, 1.82) is 0 Å². The van der Waals surface area contributed by atoms with Gasteiger partial charge in [0.25, 0.3) is 0 Å². The second-order valence-electron chi connectivity index (χ2n) is 7.50. The van der Waals surface area contributed by atoms with Crippen LogP contribution in [0.15, 0.2) is 72.9 Å². The van der Waals surface area contributed by atoms with E-state index in [2.05, 4.69) is 4.74 Å². The lowest BCUT2D eigenvalue weighted by molar-refractivity contribution is -0.151. The van der Waals surface area contributed by atoms with E-state index in [1.807, 2.05) is 43.4 Å². The highest BCUT2D eigenvalue weighted by atomic mass is 16.6. The lowest BCUT2D eigenvalue weighted by Crippen LogP contribution is -2.24. The Morgan fingerprint density at radius 2 is 1.32 bits per heavy atom. The summed E-state index contributed by atoms with van der Waals surface area (Å²) in [6, 6.07) is 0. The molecule has 0 aliphatic carbocycles. The maximum absolute atomic E-state index is 11.6. The maximum atomic E-state index is 11.6. The standard InChI is InChI=1S/C27H40O7/c1-3-4-11-16-24(29)18-13-9-10-14-19-25(30)17-12-7-5-6-8-15-20-27(32)34-22-26(31)21-33-23(2)28/h4,6-14,18-19,24-26,29-31H,3,5,15-17,20-22H2,1-2H3/b8-6-,10-9-,11-4-,12-7-,18-13+,19-14+/t24-,25+,26-/m1/s1. The molecule has 0 amide bonds. The predicted octanol–water partition coefficient (Wildman–Crippen LogP) is 3.87. The Morgan fingerprint density at radius 1 is 0.765 bits per heavy atom. The molecular formula is C27H40O7. The van der Waals surface area contributed by atoms with Gasteiger partial charge in [0.1, 0.15) is 19.3 Å². The van der Waals surface area contributed by atoms with Crippen LogP contribution in [0.5, 0.6) is 0 Å². The number of aliphatic hydroxyl groups is 3. The minimum atomic E-state index is -1.02. The van der Waals surface area contributed by atoms with Crippen LogP contribution in [0, 0.1) is 0 Å². The molecule has 0 spiro atoms. The van der Waals surface area contributed by atoms with Gasteiger partial charge >= 0.3 is 11.9 Å². The molecule has 190 valence electrons. The average Bonchev–Trinajstić information content (AvgIpc) is 2.80. The number of rotatable bonds is 18. The van der Waals surface area contributed by atoms with Gasteiger partial charge in [0.15, 0.2) is 0 Å². The first-order valence-electron chi connectivity index (χ1n) is 11.6. The second-order valence-corrected chi connectivity index (χ2v) is 7.50. The van der Waals surface area contributed by atoms with Crippen LogP contribution in [0.2, 0.25) is 0 Å². The Balaban J connectivity index is 3.88. The van der Waals surface area contributed by atoms with Crippen molar-refractivity contribution in [3.8, 4) is 0 Å². The minimum absolute atomic E-state index is 0.196. The molecule has 0 bridgehead atoms. The lowest BCUT2D eigenvalue weighted by Gasteiger charge is -2.10. The second kappa shape index (κ2) is 22.1. The van der Waals surface area contributed by atoms with Crippen LogP contribution < -0.4 is 0 Å². The third-order valence-electron chi connectivity index (χ3n) is 4.19. The molecule has 0 radical (unpaired) electrons. The highest BCUT2D eigenvalue weighted by Gasteiger charge is 2.09. The van der Waals surface area contributed by atoms with Crippen molar-refractivity contribution >= 4 is 11.9 Å². The molecule has 0 saturated heterocycles. The molecule has 3 N–H and O–H groups in total. The molecule has 3 atom stereocenters. The van der Waals surface area contributed by atoms with Gasteiger partial charge in [-0.25, -0.2) is 0 Å². The zero-order valence-electron chi connectivity index (χ0n) is 20.3. The van der Waals surface area contributed by atoms with E-state index in [4.69, 9.17) is 4.74 Å². The SMILES string of the molecule is CC/C=C\C[C@@H](O)/C=C/C=C\C=C\[C@@H](O)C/C=C\C/C=C\CCC(=O)OC[C@H](O)COC(C)=O. The summed E-state index contributed by atoms with van der Waals surface area (Å²) in [4.78, 5) is 22.2. The number of ether oxygens (including phenoxy) is 2. The van der Waals surface area contributed by atoms with Crippen molar-refractivity contribution in [2.75, 3.05) is 13.2 Å². The van der Waals surface area contributed by atoms with Crippen LogP contribution in [0.3, 0.4) is 0 Å². The van der Waals surface area contributed by atoms with Gasteiger partial charge in [-0.2, -0.15) is 0 Å². The molecule has 0 unspecified atom stereocenters. The Morgan fingerprint density at radius 3 is 1.91 bits per heavy atom. The van der Waals surface area contributed by atoms with Crippen molar-refractivity contribution in [3.05, 3.63) is 72.9 Å².